The second-order valence-corrected chi connectivity index (χ2v) is 7.93. The predicted molar refractivity (Wildman–Crippen MR) is 85.4 cm³/mol. The maximum Gasteiger partial charge on any atom is 0.294 e. The summed E-state index contributed by atoms with van der Waals surface area (Å²) in [4.78, 5) is 15.8. The Morgan fingerprint density at radius 2 is 2.14 bits per heavy atom. The Hall–Kier alpha value is -1.48. The summed E-state index contributed by atoms with van der Waals surface area (Å²) in [6, 6.07) is 9.18. The number of hydrogen-bond acceptors (Lipinski definition) is 7. The number of nitro groups is 1. The molecule has 0 bridgehead atoms. The largest absolute Gasteiger partial charge is 0.388 e. The van der Waals surface area contributed by atoms with Gasteiger partial charge in [0.05, 0.1) is 21.2 Å². The smallest absolute Gasteiger partial charge is 0.294 e. The lowest BCUT2D eigenvalue weighted by Gasteiger charge is -1.95. The highest BCUT2D eigenvalue weighted by Gasteiger charge is 2.23. The molecule has 3 rings (SSSR count). The lowest BCUT2D eigenvalue weighted by Crippen LogP contribution is -1.87. The van der Waals surface area contributed by atoms with E-state index in [1.165, 1.54) is 40.5 Å². The lowest BCUT2D eigenvalue weighted by molar-refractivity contribution is -0.387. The second kappa shape index (κ2) is 5.72. The highest BCUT2D eigenvalue weighted by molar-refractivity contribution is 8.03. The van der Waals surface area contributed by atoms with Crippen LogP contribution in [-0.4, -0.2) is 15.0 Å². The van der Waals surface area contributed by atoms with Crippen LogP contribution in [0.5, 0.6) is 0 Å². The van der Waals surface area contributed by atoms with E-state index in [4.69, 9.17) is 0 Å². The fraction of sp³-hybridized carbons (Fsp3) is 0.154. The fourth-order valence-corrected chi connectivity index (χ4v) is 5.33. The average Bonchev–Trinajstić information content (AvgIpc) is 3.02. The van der Waals surface area contributed by atoms with Crippen molar-refractivity contribution in [1.29, 1.82) is 0 Å². The normalized spacial score (nSPS) is 12.7. The number of aliphatic hydroxyl groups excluding tert-OH is 1. The third-order valence-electron chi connectivity index (χ3n) is 2.76. The molecule has 8 heteroatoms. The molecule has 1 N–H and O–H groups in total. The van der Waals surface area contributed by atoms with E-state index in [9.17, 15) is 15.2 Å². The molecule has 0 amide bonds. The van der Waals surface area contributed by atoms with E-state index in [0.29, 0.717) is 9.09 Å². The van der Waals surface area contributed by atoms with E-state index >= 15 is 0 Å². The highest BCUT2D eigenvalue weighted by atomic mass is 32.2. The monoisotopic (exact) mass is 338 g/mol. The molecule has 0 radical (unpaired) electrons. The van der Waals surface area contributed by atoms with E-state index in [2.05, 4.69) is 4.98 Å². The van der Waals surface area contributed by atoms with Crippen LogP contribution in [0.4, 0.5) is 5.69 Å². The maximum absolute atomic E-state index is 11.1. The highest BCUT2D eigenvalue weighted by Crippen LogP contribution is 2.44. The van der Waals surface area contributed by atoms with Gasteiger partial charge in [-0.3, -0.25) is 10.1 Å². The summed E-state index contributed by atoms with van der Waals surface area (Å²) in [6.45, 7) is 1.60. The van der Waals surface area contributed by atoms with Crippen LogP contribution in [0.2, 0.25) is 0 Å². The Balaban J connectivity index is 1.98. The molecule has 108 valence electrons. The number of fused-ring (bicyclic) bond motifs is 1. The van der Waals surface area contributed by atoms with Crippen LogP contribution in [0, 0.1) is 10.1 Å². The van der Waals surface area contributed by atoms with Crippen LogP contribution in [0.15, 0.2) is 38.9 Å². The Morgan fingerprint density at radius 3 is 2.81 bits per heavy atom. The summed E-state index contributed by atoms with van der Waals surface area (Å²) in [6.07, 6.45) is -0.710. The van der Waals surface area contributed by atoms with Crippen molar-refractivity contribution in [3.05, 3.63) is 45.3 Å². The quantitative estimate of drug-likeness (QED) is 0.561. The van der Waals surface area contributed by atoms with Crippen LogP contribution in [0.1, 0.15) is 17.9 Å². The zero-order valence-electron chi connectivity index (χ0n) is 10.8. The first kappa shape index (κ1) is 14.5. The van der Waals surface area contributed by atoms with Gasteiger partial charge in [0.1, 0.15) is 4.21 Å². The minimum Gasteiger partial charge on any atom is -0.388 e. The van der Waals surface area contributed by atoms with Crippen molar-refractivity contribution >= 4 is 50.3 Å². The van der Waals surface area contributed by atoms with Crippen molar-refractivity contribution in [1.82, 2.24) is 4.98 Å². The lowest BCUT2D eigenvalue weighted by atomic mass is 10.3. The number of thiazole rings is 1. The average molecular weight is 338 g/mol. The van der Waals surface area contributed by atoms with Gasteiger partial charge in [-0.2, -0.15) is 0 Å². The fourth-order valence-electron chi connectivity index (χ4n) is 1.76. The number of para-hydroxylation sites is 1. The van der Waals surface area contributed by atoms with Crippen LogP contribution in [0.3, 0.4) is 0 Å². The number of benzene rings is 1. The van der Waals surface area contributed by atoms with Gasteiger partial charge in [-0.15, -0.1) is 22.7 Å². The SMILES string of the molecule is C[C@@H](O)c1cc([N+](=O)[O-])c(Sc2nc3ccccc3s2)s1. The molecule has 1 aromatic carbocycles. The molecule has 5 nitrogen and oxygen atoms in total. The Kier molecular flexibility index (Phi) is 3.94. The van der Waals surface area contributed by atoms with E-state index in [1.54, 1.807) is 6.92 Å². The Morgan fingerprint density at radius 1 is 1.38 bits per heavy atom. The summed E-state index contributed by atoms with van der Waals surface area (Å²) in [5.74, 6) is 0. The molecule has 21 heavy (non-hydrogen) atoms. The predicted octanol–water partition coefficient (Wildman–Crippen LogP) is 4.47. The van der Waals surface area contributed by atoms with Gasteiger partial charge in [0.15, 0.2) is 4.34 Å². The van der Waals surface area contributed by atoms with Gasteiger partial charge in [-0.05, 0) is 30.8 Å². The van der Waals surface area contributed by atoms with Gasteiger partial charge < -0.3 is 5.11 Å². The van der Waals surface area contributed by atoms with Crippen LogP contribution in [-0.2, 0) is 0 Å². The maximum atomic E-state index is 11.1. The van der Waals surface area contributed by atoms with Crippen molar-refractivity contribution in [2.45, 2.75) is 21.6 Å². The van der Waals surface area contributed by atoms with Gasteiger partial charge in [0.2, 0.25) is 0 Å². The number of aromatic nitrogens is 1. The van der Waals surface area contributed by atoms with Crippen molar-refractivity contribution < 1.29 is 10.0 Å². The zero-order valence-corrected chi connectivity index (χ0v) is 13.3. The zero-order chi connectivity index (χ0) is 15.0. The number of aliphatic hydroxyl groups is 1. The van der Waals surface area contributed by atoms with Crippen molar-refractivity contribution in [3.63, 3.8) is 0 Å². The topological polar surface area (TPSA) is 76.3 Å². The number of hydrogen-bond donors (Lipinski definition) is 1. The second-order valence-electron chi connectivity index (χ2n) is 4.30. The van der Waals surface area contributed by atoms with E-state index in [-0.39, 0.29) is 5.69 Å². The summed E-state index contributed by atoms with van der Waals surface area (Å²) in [7, 11) is 0. The van der Waals surface area contributed by atoms with Crippen LogP contribution in [0.25, 0.3) is 10.2 Å². The summed E-state index contributed by atoms with van der Waals surface area (Å²) in [5.41, 5.74) is 0.917. The first-order chi connectivity index (χ1) is 10.0. The molecule has 3 aromatic rings. The Labute approximate surface area is 132 Å². The molecule has 0 saturated carbocycles. The summed E-state index contributed by atoms with van der Waals surface area (Å²) >= 11 is 4.02. The third kappa shape index (κ3) is 2.93. The van der Waals surface area contributed by atoms with E-state index < -0.39 is 11.0 Å². The molecule has 0 aliphatic carbocycles. The van der Waals surface area contributed by atoms with E-state index in [0.717, 1.165) is 14.6 Å². The third-order valence-corrected chi connectivity index (χ3v) is 6.34. The molecule has 0 unspecified atom stereocenters. The van der Waals surface area contributed by atoms with Crippen molar-refractivity contribution in [3.8, 4) is 0 Å². The molecule has 0 aliphatic rings. The molecule has 0 aliphatic heterocycles. The Bertz CT molecular complexity index is 777. The minimum atomic E-state index is -0.710. The molecular weight excluding hydrogens is 328 g/mol. The van der Waals surface area contributed by atoms with Crippen molar-refractivity contribution in [2.24, 2.45) is 0 Å². The van der Waals surface area contributed by atoms with E-state index in [1.807, 2.05) is 24.3 Å². The van der Waals surface area contributed by atoms with Crippen molar-refractivity contribution in [2.75, 3.05) is 0 Å². The summed E-state index contributed by atoms with van der Waals surface area (Å²) < 4.78 is 2.36. The number of nitrogens with zero attached hydrogens (tertiary/aromatic N) is 2. The van der Waals surface area contributed by atoms with Gasteiger partial charge in [-0.1, -0.05) is 12.1 Å². The number of rotatable bonds is 4. The van der Waals surface area contributed by atoms with Gasteiger partial charge in [0.25, 0.3) is 5.69 Å². The summed E-state index contributed by atoms with van der Waals surface area (Å²) in [5, 5.41) is 20.7. The molecule has 0 fully saturated rings. The van der Waals surface area contributed by atoms with Gasteiger partial charge in [-0.25, -0.2) is 4.98 Å². The first-order valence-corrected chi connectivity index (χ1v) is 8.49. The van der Waals surface area contributed by atoms with Crippen LogP contribution < -0.4 is 0 Å². The minimum absolute atomic E-state index is 0.0279. The molecular formula is C13H10N2O3S3. The van der Waals surface area contributed by atoms with Gasteiger partial charge >= 0.3 is 0 Å². The van der Waals surface area contributed by atoms with Gasteiger partial charge in [0, 0.05) is 10.9 Å². The number of thiophene rings is 1. The standard InChI is InChI=1S/C13H10N2O3S3/c1-7(16)11-6-9(15(17)18)12(19-11)21-13-14-8-4-2-3-5-10(8)20-13/h2-7,16H,1H3/t7-/m1/s1. The molecule has 1 atom stereocenters. The molecule has 2 aromatic heterocycles. The molecule has 0 saturated heterocycles. The first-order valence-electron chi connectivity index (χ1n) is 6.04. The molecule has 2 heterocycles. The molecule has 0 spiro atoms. The van der Waals surface area contributed by atoms with Crippen LogP contribution >= 0.6 is 34.4 Å².